The Morgan fingerprint density at radius 3 is 1.96 bits per heavy atom. The van der Waals surface area contributed by atoms with Crippen LogP contribution in [-0.2, 0) is 11.8 Å². The highest BCUT2D eigenvalue weighted by atomic mass is 16.1. The van der Waals surface area contributed by atoms with Crippen LogP contribution in [0.4, 0.5) is 5.95 Å². The molecule has 4 heteroatoms. The van der Waals surface area contributed by atoms with Crippen molar-refractivity contribution in [3.8, 4) is 0 Å². The normalized spacial score (nSPS) is 16.0. The number of aromatic nitrogens is 2. The van der Waals surface area contributed by atoms with Gasteiger partial charge in [0.2, 0.25) is 5.95 Å². The molecule has 0 bridgehead atoms. The van der Waals surface area contributed by atoms with Crippen LogP contribution in [0.1, 0.15) is 41.5 Å². The van der Waals surface area contributed by atoms with Gasteiger partial charge in [0.25, 0.3) is 0 Å². The van der Waals surface area contributed by atoms with Gasteiger partial charge in [0.1, 0.15) is 0 Å². The molecule has 1 heterocycles. The molecule has 136 valence electrons. The van der Waals surface area contributed by atoms with E-state index in [-0.39, 0.29) is 16.6 Å². The number of hydrogen-bond donors (Lipinski definition) is 0. The second kappa shape index (κ2) is 6.04. The van der Waals surface area contributed by atoms with Gasteiger partial charge in [0.05, 0.1) is 16.7 Å². The van der Waals surface area contributed by atoms with E-state index in [1.807, 2.05) is 48.0 Å². The fraction of sp³-hybridized carbons (Fsp3) is 0.409. The van der Waals surface area contributed by atoms with Gasteiger partial charge in [0, 0.05) is 18.2 Å². The lowest BCUT2D eigenvalue weighted by molar-refractivity contribution is -0.114. The van der Waals surface area contributed by atoms with Crippen molar-refractivity contribution in [1.82, 2.24) is 9.55 Å². The molecule has 1 aliphatic carbocycles. The third-order valence-corrected chi connectivity index (χ3v) is 4.68. The zero-order valence-corrected chi connectivity index (χ0v) is 16.7. The lowest BCUT2D eigenvalue weighted by Gasteiger charge is -2.30. The molecule has 0 spiro atoms. The summed E-state index contributed by atoms with van der Waals surface area (Å²) in [4.78, 5) is 22.4. The van der Waals surface area contributed by atoms with Crippen molar-refractivity contribution in [2.75, 3.05) is 0 Å². The lowest BCUT2D eigenvalue weighted by Crippen LogP contribution is -2.29. The van der Waals surface area contributed by atoms with Gasteiger partial charge in [-0.05, 0) is 35.1 Å². The average Bonchev–Trinajstić information content (AvgIpc) is 2.83. The molecule has 0 atom stereocenters. The van der Waals surface area contributed by atoms with E-state index in [0.717, 1.165) is 27.9 Å². The van der Waals surface area contributed by atoms with E-state index in [9.17, 15) is 4.79 Å². The van der Waals surface area contributed by atoms with E-state index in [4.69, 9.17) is 4.99 Å². The number of imidazole rings is 1. The monoisotopic (exact) mass is 349 g/mol. The molecule has 0 amide bonds. The second-order valence-corrected chi connectivity index (χ2v) is 8.94. The fourth-order valence-corrected chi connectivity index (χ4v) is 3.14. The van der Waals surface area contributed by atoms with Crippen molar-refractivity contribution in [2.45, 2.75) is 41.5 Å². The van der Waals surface area contributed by atoms with Gasteiger partial charge in [-0.1, -0.05) is 53.7 Å². The molecule has 0 N–H and O–H groups in total. The number of hydrogen-bond acceptors (Lipinski definition) is 3. The van der Waals surface area contributed by atoms with Crippen LogP contribution in [0.2, 0.25) is 0 Å². The number of carbonyl (C=O) groups is 1. The quantitative estimate of drug-likeness (QED) is 0.667. The minimum absolute atomic E-state index is 0.119. The molecule has 0 saturated carbocycles. The molecule has 2 aromatic rings. The molecule has 1 aromatic carbocycles. The summed E-state index contributed by atoms with van der Waals surface area (Å²) in [6, 6.07) is 7.98. The van der Waals surface area contributed by atoms with Crippen LogP contribution in [0.15, 0.2) is 52.6 Å². The lowest BCUT2D eigenvalue weighted by atomic mass is 9.72. The number of para-hydroxylation sites is 2. The van der Waals surface area contributed by atoms with Crippen molar-refractivity contribution < 1.29 is 4.79 Å². The summed E-state index contributed by atoms with van der Waals surface area (Å²) in [5, 5.41) is 0. The summed E-state index contributed by atoms with van der Waals surface area (Å²) < 4.78 is 1.98. The van der Waals surface area contributed by atoms with Gasteiger partial charge < -0.3 is 4.57 Å². The van der Waals surface area contributed by atoms with Crippen LogP contribution in [-0.4, -0.2) is 21.0 Å². The number of fused-ring (bicyclic) bond motifs is 1. The zero-order valence-electron chi connectivity index (χ0n) is 16.7. The van der Waals surface area contributed by atoms with Crippen molar-refractivity contribution in [2.24, 2.45) is 22.9 Å². The number of nitrogens with zero attached hydrogens (tertiary/aromatic N) is 3. The molecular weight excluding hydrogens is 322 g/mol. The van der Waals surface area contributed by atoms with E-state index < -0.39 is 0 Å². The smallest absolute Gasteiger partial charge is 0.230 e. The molecule has 0 unspecified atom stereocenters. The second-order valence-electron chi connectivity index (χ2n) is 8.94. The topological polar surface area (TPSA) is 47.2 Å². The number of aryl methyl sites for hydroxylation is 1. The summed E-state index contributed by atoms with van der Waals surface area (Å²) in [5.74, 6) is 0.763. The van der Waals surface area contributed by atoms with Gasteiger partial charge in [-0.15, -0.1) is 0 Å². The van der Waals surface area contributed by atoms with Crippen LogP contribution < -0.4 is 0 Å². The Labute approximate surface area is 155 Å². The number of carbonyl (C=O) groups excluding carboxylic acids is 1. The number of aliphatic imine (C=N–C) groups is 1. The highest BCUT2D eigenvalue weighted by Gasteiger charge is 2.34. The first-order chi connectivity index (χ1) is 12.0. The highest BCUT2D eigenvalue weighted by molar-refractivity contribution is 6.23. The number of ketones is 1. The Bertz CT molecular complexity index is 937. The number of allylic oxidation sites excluding steroid dienone is 4. The Hall–Kier alpha value is -2.49. The summed E-state index contributed by atoms with van der Waals surface area (Å²) in [5.41, 5.74) is 3.84. The molecule has 0 radical (unpaired) electrons. The Kier molecular flexibility index (Phi) is 4.26. The third-order valence-electron chi connectivity index (χ3n) is 4.68. The molecule has 26 heavy (non-hydrogen) atoms. The van der Waals surface area contributed by atoms with Crippen molar-refractivity contribution in [1.29, 1.82) is 0 Å². The maximum Gasteiger partial charge on any atom is 0.230 e. The number of Topliss-reactive ketones (excluding diaryl/α,β-unsaturated/α-hetero) is 1. The molecule has 0 fully saturated rings. The number of benzene rings is 1. The first kappa shape index (κ1) is 18.3. The first-order valence-corrected chi connectivity index (χ1v) is 8.98. The molecule has 3 rings (SSSR count). The highest BCUT2D eigenvalue weighted by Crippen LogP contribution is 2.37. The van der Waals surface area contributed by atoms with Gasteiger partial charge in [-0.25, -0.2) is 9.98 Å². The minimum atomic E-state index is -0.241. The molecule has 0 saturated heterocycles. The molecule has 4 nitrogen and oxygen atoms in total. The summed E-state index contributed by atoms with van der Waals surface area (Å²) in [6.07, 6.45) is 3.83. The van der Waals surface area contributed by atoms with Crippen molar-refractivity contribution in [3.05, 3.63) is 47.6 Å². The van der Waals surface area contributed by atoms with Crippen LogP contribution in [0.25, 0.3) is 11.0 Å². The van der Waals surface area contributed by atoms with Gasteiger partial charge >= 0.3 is 0 Å². The summed E-state index contributed by atoms with van der Waals surface area (Å²) in [6.45, 7) is 12.4. The first-order valence-electron chi connectivity index (χ1n) is 8.98. The number of rotatable bonds is 1. The van der Waals surface area contributed by atoms with Crippen LogP contribution >= 0.6 is 0 Å². The third kappa shape index (κ3) is 3.28. The molecular formula is C22H27N3O. The maximum absolute atomic E-state index is 13.0. The fourth-order valence-electron chi connectivity index (χ4n) is 3.14. The largest absolute Gasteiger partial charge is 0.311 e. The van der Waals surface area contributed by atoms with Gasteiger partial charge in [0.15, 0.2) is 5.78 Å². The van der Waals surface area contributed by atoms with Gasteiger partial charge in [-0.3, -0.25) is 4.79 Å². The Morgan fingerprint density at radius 1 is 0.923 bits per heavy atom. The van der Waals surface area contributed by atoms with Crippen LogP contribution in [0, 0.1) is 10.8 Å². The van der Waals surface area contributed by atoms with Crippen molar-refractivity contribution >= 4 is 28.5 Å². The van der Waals surface area contributed by atoms with E-state index >= 15 is 0 Å². The van der Waals surface area contributed by atoms with Crippen molar-refractivity contribution in [3.63, 3.8) is 0 Å². The molecule has 1 aromatic heterocycles. The maximum atomic E-state index is 13.0. The SMILES string of the molecule is Cn1c(N=C2C=C(C(C)(C)C)C(=O)C(C(C)(C)C)=C2)nc2ccccc21. The van der Waals surface area contributed by atoms with E-state index in [2.05, 4.69) is 46.5 Å². The zero-order chi connectivity index (χ0) is 19.3. The van der Waals surface area contributed by atoms with E-state index in [1.54, 1.807) is 0 Å². The van der Waals surface area contributed by atoms with Gasteiger partial charge in [-0.2, -0.15) is 0 Å². The van der Waals surface area contributed by atoms with E-state index in [0.29, 0.717) is 5.95 Å². The standard InChI is InChI=1S/C22H27N3O/c1-21(2,3)15-12-14(13-16(19(15)26)22(4,5)6)23-20-24-17-10-8-9-11-18(17)25(20)7/h8-13H,1-7H3. The average molecular weight is 349 g/mol. The predicted molar refractivity (Wildman–Crippen MR) is 108 cm³/mol. The predicted octanol–water partition coefficient (Wildman–Crippen LogP) is 5.17. The Morgan fingerprint density at radius 2 is 1.46 bits per heavy atom. The summed E-state index contributed by atoms with van der Waals surface area (Å²) in [7, 11) is 1.96. The molecule has 0 aliphatic heterocycles. The van der Waals surface area contributed by atoms with Crippen LogP contribution in [0.5, 0.6) is 0 Å². The minimum Gasteiger partial charge on any atom is -0.311 e. The van der Waals surface area contributed by atoms with E-state index in [1.165, 1.54) is 0 Å². The molecule has 1 aliphatic rings. The van der Waals surface area contributed by atoms with Crippen LogP contribution in [0.3, 0.4) is 0 Å². The summed E-state index contributed by atoms with van der Waals surface area (Å²) >= 11 is 0. The Balaban J connectivity index is 2.18.